The Hall–Kier alpha value is -1.87. The van der Waals surface area contributed by atoms with E-state index in [1.807, 2.05) is 0 Å². The Morgan fingerprint density at radius 2 is 1.88 bits per heavy atom. The quantitative estimate of drug-likeness (QED) is 0.772. The number of benzene rings is 1. The molecule has 1 aromatic carbocycles. The standard InChI is InChI=1S/C15H14Cl2N4O3S/c16-10-3-1-2-9(12(10)17)13(22)19-20-14(23)11-8-25-15(18-11)21-4-6-24-7-5-21/h1-3,8H,4-7H2,(H,19,22)(H,20,23). The highest BCUT2D eigenvalue weighted by atomic mass is 35.5. The molecule has 1 aliphatic rings. The van der Waals surface area contributed by atoms with E-state index in [1.54, 1.807) is 17.5 Å². The molecule has 1 fully saturated rings. The number of halogens is 2. The van der Waals surface area contributed by atoms with E-state index in [0.29, 0.717) is 13.2 Å². The summed E-state index contributed by atoms with van der Waals surface area (Å²) < 4.78 is 5.29. The maximum Gasteiger partial charge on any atom is 0.289 e. The van der Waals surface area contributed by atoms with Crippen molar-refractivity contribution in [3.63, 3.8) is 0 Å². The SMILES string of the molecule is O=C(NNC(=O)c1cccc(Cl)c1Cl)c1csc(N2CCOCC2)n1. The van der Waals surface area contributed by atoms with Crippen LogP contribution in [0.25, 0.3) is 0 Å². The van der Waals surface area contributed by atoms with Crippen LogP contribution in [0.4, 0.5) is 5.13 Å². The van der Waals surface area contributed by atoms with Crippen LogP contribution in [0.2, 0.25) is 10.0 Å². The Balaban J connectivity index is 1.60. The molecule has 1 aliphatic heterocycles. The summed E-state index contributed by atoms with van der Waals surface area (Å²) in [5, 5.41) is 2.77. The van der Waals surface area contributed by atoms with Gasteiger partial charge in [-0.3, -0.25) is 20.4 Å². The lowest BCUT2D eigenvalue weighted by molar-refractivity contribution is 0.0844. The Morgan fingerprint density at radius 1 is 1.16 bits per heavy atom. The number of anilines is 1. The van der Waals surface area contributed by atoms with E-state index in [0.717, 1.165) is 18.2 Å². The second kappa shape index (κ2) is 8.01. The third-order valence-electron chi connectivity index (χ3n) is 3.49. The van der Waals surface area contributed by atoms with Crippen molar-refractivity contribution in [2.75, 3.05) is 31.2 Å². The van der Waals surface area contributed by atoms with Crippen LogP contribution in [0, 0.1) is 0 Å². The first kappa shape index (κ1) is 17.9. The van der Waals surface area contributed by atoms with Crippen molar-refractivity contribution in [1.82, 2.24) is 15.8 Å². The van der Waals surface area contributed by atoms with Crippen LogP contribution in [0.3, 0.4) is 0 Å². The Morgan fingerprint density at radius 3 is 2.64 bits per heavy atom. The van der Waals surface area contributed by atoms with Gasteiger partial charge >= 0.3 is 0 Å². The van der Waals surface area contributed by atoms with Gasteiger partial charge in [-0.2, -0.15) is 0 Å². The van der Waals surface area contributed by atoms with Gasteiger partial charge in [0.25, 0.3) is 11.8 Å². The molecule has 0 bridgehead atoms. The van der Waals surface area contributed by atoms with Gasteiger partial charge in [0.15, 0.2) is 5.13 Å². The average molecular weight is 401 g/mol. The summed E-state index contributed by atoms with van der Waals surface area (Å²) in [6.07, 6.45) is 0. The van der Waals surface area contributed by atoms with Crippen molar-refractivity contribution in [3.05, 3.63) is 44.9 Å². The number of aromatic nitrogens is 1. The Bertz CT molecular complexity index is 793. The molecule has 10 heteroatoms. The lowest BCUT2D eigenvalue weighted by atomic mass is 10.2. The van der Waals surface area contributed by atoms with E-state index in [4.69, 9.17) is 27.9 Å². The summed E-state index contributed by atoms with van der Waals surface area (Å²) >= 11 is 13.2. The third-order valence-corrected chi connectivity index (χ3v) is 5.21. The summed E-state index contributed by atoms with van der Waals surface area (Å²) in [7, 11) is 0. The molecule has 7 nitrogen and oxygen atoms in total. The first-order chi connectivity index (χ1) is 12.1. The summed E-state index contributed by atoms with van der Waals surface area (Å²) in [6.45, 7) is 2.74. The molecule has 0 aliphatic carbocycles. The zero-order valence-corrected chi connectivity index (χ0v) is 15.2. The van der Waals surface area contributed by atoms with Gasteiger partial charge in [0.05, 0.1) is 28.8 Å². The number of carbonyl (C=O) groups excluding carboxylic acids is 2. The highest BCUT2D eigenvalue weighted by Crippen LogP contribution is 2.25. The van der Waals surface area contributed by atoms with Crippen molar-refractivity contribution < 1.29 is 14.3 Å². The molecule has 0 atom stereocenters. The smallest absolute Gasteiger partial charge is 0.289 e. The zero-order valence-electron chi connectivity index (χ0n) is 12.9. The normalized spacial score (nSPS) is 14.2. The molecule has 3 rings (SSSR count). The van der Waals surface area contributed by atoms with E-state index in [2.05, 4.69) is 20.7 Å². The highest BCUT2D eigenvalue weighted by molar-refractivity contribution is 7.13. The number of rotatable bonds is 3. The molecule has 0 saturated carbocycles. The largest absolute Gasteiger partial charge is 0.378 e. The number of carbonyl (C=O) groups is 2. The molecule has 1 saturated heterocycles. The number of morpholine rings is 1. The van der Waals surface area contributed by atoms with E-state index in [-0.39, 0.29) is 21.3 Å². The predicted molar refractivity (Wildman–Crippen MR) is 96.5 cm³/mol. The number of thiazole rings is 1. The molecular weight excluding hydrogens is 387 g/mol. The van der Waals surface area contributed by atoms with Gasteiger partial charge in [-0.15, -0.1) is 11.3 Å². The molecule has 25 heavy (non-hydrogen) atoms. The number of hydrazine groups is 1. The average Bonchev–Trinajstić information content (AvgIpc) is 3.13. The lowest BCUT2D eigenvalue weighted by Gasteiger charge is -2.25. The van der Waals surface area contributed by atoms with Crippen molar-refractivity contribution >= 4 is 51.5 Å². The lowest BCUT2D eigenvalue weighted by Crippen LogP contribution is -2.42. The number of amides is 2. The van der Waals surface area contributed by atoms with Crippen molar-refractivity contribution in [1.29, 1.82) is 0 Å². The second-order valence-corrected chi connectivity index (χ2v) is 6.75. The Kier molecular flexibility index (Phi) is 5.74. The van der Waals surface area contributed by atoms with Crippen molar-refractivity contribution in [3.8, 4) is 0 Å². The molecule has 2 N–H and O–H groups in total. The second-order valence-electron chi connectivity index (χ2n) is 5.12. The van der Waals surface area contributed by atoms with Gasteiger partial charge in [-0.25, -0.2) is 4.98 Å². The monoisotopic (exact) mass is 400 g/mol. The van der Waals surface area contributed by atoms with Gasteiger partial charge in [-0.05, 0) is 12.1 Å². The van der Waals surface area contributed by atoms with Crippen LogP contribution < -0.4 is 15.8 Å². The molecule has 2 amide bonds. The van der Waals surface area contributed by atoms with E-state index >= 15 is 0 Å². The van der Waals surface area contributed by atoms with E-state index < -0.39 is 11.8 Å². The minimum Gasteiger partial charge on any atom is -0.378 e. The van der Waals surface area contributed by atoms with Crippen molar-refractivity contribution in [2.24, 2.45) is 0 Å². The molecular formula is C15H14Cl2N4O3S. The maximum absolute atomic E-state index is 12.1. The summed E-state index contributed by atoms with van der Waals surface area (Å²) in [5.41, 5.74) is 5.02. The summed E-state index contributed by atoms with van der Waals surface area (Å²) in [6, 6.07) is 4.68. The molecule has 0 radical (unpaired) electrons. The Labute approximate surface area is 157 Å². The predicted octanol–water partition coefficient (Wildman–Crippen LogP) is 2.36. The van der Waals surface area contributed by atoms with E-state index in [1.165, 1.54) is 17.4 Å². The van der Waals surface area contributed by atoms with Crippen LogP contribution in [-0.2, 0) is 4.74 Å². The van der Waals surface area contributed by atoms with Crippen LogP contribution in [0.5, 0.6) is 0 Å². The van der Waals surface area contributed by atoms with E-state index in [9.17, 15) is 9.59 Å². The molecule has 0 spiro atoms. The highest BCUT2D eigenvalue weighted by Gasteiger charge is 2.18. The van der Waals surface area contributed by atoms with Gasteiger partial charge < -0.3 is 9.64 Å². The fourth-order valence-corrected chi connectivity index (χ4v) is 3.44. The number of nitrogens with one attached hydrogen (secondary N) is 2. The molecule has 0 unspecified atom stereocenters. The van der Waals surface area contributed by atoms with Crippen LogP contribution >= 0.6 is 34.5 Å². The third kappa shape index (κ3) is 4.21. The number of ether oxygens (including phenoxy) is 1. The molecule has 132 valence electrons. The van der Waals surface area contributed by atoms with Gasteiger partial charge in [0.1, 0.15) is 5.69 Å². The zero-order chi connectivity index (χ0) is 17.8. The minimum absolute atomic E-state index is 0.124. The molecule has 2 aromatic rings. The fourth-order valence-electron chi connectivity index (χ4n) is 2.19. The minimum atomic E-state index is -0.565. The fraction of sp³-hybridized carbons (Fsp3) is 0.267. The summed E-state index contributed by atoms with van der Waals surface area (Å²) in [5.74, 6) is -1.08. The van der Waals surface area contributed by atoms with Crippen LogP contribution in [-0.4, -0.2) is 43.1 Å². The van der Waals surface area contributed by atoms with Crippen LogP contribution in [0.15, 0.2) is 23.6 Å². The molecule has 1 aromatic heterocycles. The van der Waals surface area contributed by atoms with Gasteiger partial charge in [-0.1, -0.05) is 29.3 Å². The van der Waals surface area contributed by atoms with Gasteiger partial charge in [0, 0.05) is 18.5 Å². The number of hydrogen-bond acceptors (Lipinski definition) is 6. The summed E-state index contributed by atoms with van der Waals surface area (Å²) in [4.78, 5) is 30.6. The number of hydrogen-bond donors (Lipinski definition) is 2. The number of nitrogens with zero attached hydrogens (tertiary/aromatic N) is 2. The van der Waals surface area contributed by atoms with Crippen molar-refractivity contribution in [2.45, 2.75) is 0 Å². The first-order valence-electron chi connectivity index (χ1n) is 7.39. The molecule has 2 heterocycles. The van der Waals surface area contributed by atoms with Gasteiger partial charge in [0.2, 0.25) is 0 Å². The van der Waals surface area contributed by atoms with Crippen LogP contribution in [0.1, 0.15) is 20.8 Å². The maximum atomic E-state index is 12.1. The first-order valence-corrected chi connectivity index (χ1v) is 9.02. The topological polar surface area (TPSA) is 83.6 Å².